The van der Waals surface area contributed by atoms with Crippen molar-refractivity contribution in [2.45, 2.75) is 52.2 Å². The van der Waals surface area contributed by atoms with Gasteiger partial charge in [0.05, 0.1) is 12.8 Å². The Morgan fingerprint density at radius 3 is 2.66 bits per heavy atom. The second-order valence-electron chi connectivity index (χ2n) is 8.27. The standard InChI is InChI=1S/C21H28N4O4/c1-21(2,3)19(26)23-18-11-16(24-25-18)14-9-15(10-14)29-20(27)22-12-13-7-5-6-8-17(13)28-4/h5-8,11,14-15H,9-10,12H2,1-4H3,(H,22,27)(H2,23,24,25,26)/t14-,15+. The number of amides is 2. The Morgan fingerprint density at radius 2 is 1.97 bits per heavy atom. The van der Waals surface area contributed by atoms with Crippen LogP contribution in [0, 0.1) is 5.41 Å². The average molecular weight is 400 g/mol. The number of benzene rings is 1. The SMILES string of the molecule is COc1ccccc1CNC(=O)O[C@H]1C[C@@H](c2cc(NC(=O)C(C)(C)C)[nH]n2)C1. The number of para-hydroxylation sites is 1. The summed E-state index contributed by atoms with van der Waals surface area (Å²) in [5.74, 6) is 1.44. The van der Waals surface area contributed by atoms with E-state index >= 15 is 0 Å². The van der Waals surface area contributed by atoms with E-state index in [-0.39, 0.29) is 17.9 Å². The number of ether oxygens (including phenoxy) is 2. The van der Waals surface area contributed by atoms with Gasteiger partial charge in [-0.1, -0.05) is 39.0 Å². The van der Waals surface area contributed by atoms with Gasteiger partial charge in [0.25, 0.3) is 0 Å². The van der Waals surface area contributed by atoms with Gasteiger partial charge in [0.1, 0.15) is 17.7 Å². The first-order chi connectivity index (χ1) is 13.8. The van der Waals surface area contributed by atoms with Gasteiger partial charge in [-0.25, -0.2) is 4.79 Å². The van der Waals surface area contributed by atoms with Gasteiger partial charge in [0.2, 0.25) is 5.91 Å². The molecule has 0 unspecified atom stereocenters. The molecule has 1 aliphatic carbocycles. The number of rotatable bonds is 6. The molecule has 0 bridgehead atoms. The van der Waals surface area contributed by atoms with Gasteiger partial charge in [-0.05, 0) is 18.9 Å². The van der Waals surface area contributed by atoms with Crippen molar-refractivity contribution >= 4 is 17.8 Å². The minimum absolute atomic E-state index is 0.0748. The van der Waals surface area contributed by atoms with Crippen LogP contribution in [0.25, 0.3) is 0 Å². The third-order valence-corrected chi connectivity index (χ3v) is 4.93. The summed E-state index contributed by atoms with van der Waals surface area (Å²) in [5.41, 5.74) is 1.28. The molecule has 29 heavy (non-hydrogen) atoms. The van der Waals surface area contributed by atoms with E-state index in [2.05, 4.69) is 20.8 Å². The first-order valence-corrected chi connectivity index (χ1v) is 9.69. The fourth-order valence-electron chi connectivity index (χ4n) is 3.03. The molecule has 1 fully saturated rings. The molecule has 1 aromatic heterocycles. The molecule has 3 N–H and O–H groups in total. The zero-order valence-corrected chi connectivity index (χ0v) is 17.2. The number of hydrogen-bond acceptors (Lipinski definition) is 5. The number of hydrogen-bond donors (Lipinski definition) is 3. The Balaban J connectivity index is 1.42. The smallest absolute Gasteiger partial charge is 0.407 e. The zero-order chi connectivity index (χ0) is 21.0. The van der Waals surface area contributed by atoms with Crippen molar-refractivity contribution in [2.75, 3.05) is 12.4 Å². The van der Waals surface area contributed by atoms with Crippen molar-refractivity contribution in [2.24, 2.45) is 5.41 Å². The highest BCUT2D eigenvalue weighted by Crippen LogP contribution is 2.38. The van der Waals surface area contributed by atoms with Crippen molar-refractivity contribution < 1.29 is 19.1 Å². The van der Waals surface area contributed by atoms with E-state index in [1.165, 1.54) is 0 Å². The van der Waals surface area contributed by atoms with Crippen LogP contribution in [-0.4, -0.2) is 35.4 Å². The Morgan fingerprint density at radius 1 is 1.24 bits per heavy atom. The molecule has 1 heterocycles. The highest BCUT2D eigenvalue weighted by molar-refractivity contribution is 5.93. The molecular weight excluding hydrogens is 372 g/mol. The summed E-state index contributed by atoms with van der Waals surface area (Å²) in [4.78, 5) is 24.1. The molecule has 0 saturated heterocycles. The molecule has 2 aromatic rings. The predicted molar refractivity (Wildman–Crippen MR) is 109 cm³/mol. The van der Waals surface area contributed by atoms with Crippen LogP contribution in [0.1, 0.15) is 50.8 Å². The number of carbonyl (C=O) groups is 2. The van der Waals surface area contributed by atoms with E-state index in [4.69, 9.17) is 9.47 Å². The lowest BCUT2D eigenvalue weighted by molar-refractivity contribution is -0.123. The molecule has 1 saturated carbocycles. The Labute approximate surface area is 170 Å². The van der Waals surface area contributed by atoms with E-state index in [0.29, 0.717) is 25.2 Å². The minimum atomic E-state index is -0.474. The summed E-state index contributed by atoms with van der Waals surface area (Å²) in [6.45, 7) is 5.90. The minimum Gasteiger partial charge on any atom is -0.496 e. The van der Waals surface area contributed by atoms with Crippen LogP contribution in [0.2, 0.25) is 0 Å². The monoisotopic (exact) mass is 400 g/mol. The molecular formula is C21H28N4O4. The topological polar surface area (TPSA) is 105 Å². The lowest BCUT2D eigenvalue weighted by atomic mass is 9.80. The van der Waals surface area contributed by atoms with Gasteiger partial charge in [-0.3, -0.25) is 9.89 Å². The fraction of sp³-hybridized carbons (Fsp3) is 0.476. The van der Waals surface area contributed by atoms with Crippen LogP contribution in [-0.2, 0) is 16.1 Å². The summed E-state index contributed by atoms with van der Waals surface area (Å²) >= 11 is 0. The fourth-order valence-corrected chi connectivity index (χ4v) is 3.03. The third-order valence-electron chi connectivity index (χ3n) is 4.93. The Hall–Kier alpha value is -3.03. The van der Waals surface area contributed by atoms with Crippen molar-refractivity contribution in [1.29, 1.82) is 0 Å². The molecule has 0 atom stereocenters. The van der Waals surface area contributed by atoms with Gasteiger partial charge >= 0.3 is 6.09 Å². The molecule has 2 amide bonds. The summed E-state index contributed by atoms with van der Waals surface area (Å²) in [6.07, 6.45) is 0.834. The number of nitrogens with zero attached hydrogens (tertiary/aromatic N) is 1. The van der Waals surface area contributed by atoms with Crippen LogP contribution in [0.3, 0.4) is 0 Å². The normalized spacial score (nSPS) is 18.5. The van der Waals surface area contributed by atoms with Gasteiger partial charge in [0.15, 0.2) is 0 Å². The maximum atomic E-state index is 12.0. The van der Waals surface area contributed by atoms with Crippen molar-refractivity contribution in [3.05, 3.63) is 41.6 Å². The second-order valence-corrected chi connectivity index (χ2v) is 8.27. The Kier molecular flexibility index (Phi) is 6.10. The largest absolute Gasteiger partial charge is 0.496 e. The average Bonchev–Trinajstić information content (AvgIpc) is 3.09. The predicted octanol–water partition coefficient (Wildman–Crippen LogP) is 3.58. The van der Waals surface area contributed by atoms with Crippen LogP contribution in [0.15, 0.2) is 30.3 Å². The highest BCUT2D eigenvalue weighted by Gasteiger charge is 2.35. The molecule has 0 radical (unpaired) electrons. The van der Waals surface area contributed by atoms with E-state index in [9.17, 15) is 9.59 Å². The van der Waals surface area contributed by atoms with Crippen LogP contribution in [0.5, 0.6) is 5.75 Å². The lowest BCUT2D eigenvalue weighted by Crippen LogP contribution is -2.36. The van der Waals surface area contributed by atoms with Crippen LogP contribution >= 0.6 is 0 Å². The van der Waals surface area contributed by atoms with E-state index in [1.54, 1.807) is 7.11 Å². The van der Waals surface area contributed by atoms with Crippen molar-refractivity contribution in [3.8, 4) is 5.75 Å². The van der Waals surface area contributed by atoms with E-state index in [1.807, 2.05) is 51.1 Å². The van der Waals surface area contributed by atoms with Crippen LogP contribution in [0.4, 0.5) is 10.6 Å². The molecule has 1 aromatic carbocycles. The molecule has 1 aliphatic rings. The van der Waals surface area contributed by atoms with E-state index < -0.39 is 11.5 Å². The van der Waals surface area contributed by atoms with E-state index in [0.717, 1.165) is 17.0 Å². The van der Waals surface area contributed by atoms with Crippen molar-refractivity contribution in [1.82, 2.24) is 15.5 Å². The number of aromatic nitrogens is 2. The van der Waals surface area contributed by atoms with Gasteiger partial charge in [-0.15, -0.1) is 0 Å². The number of anilines is 1. The molecule has 8 heteroatoms. The number of alkyl carbamates (subject to hydrolysis) is 1. The molecule has 0 aliphatic heterocycles. The first-order valence-electron chi connectivity index (χ1n) is 9.69. The number of H-pyrrole nitrogens is 1. The lowest BCUT2D eigenvalue weighted by Gasteiger charge is -2.33. The summed E-state index contributed by atoms with van der Waals surface area (Å²) in [7, 11) is 1.60. The maximum absolute atomic E-state index is 12.0. The zero-order valence-electron chi connectivity index (χ0n) is 17.2. The third kappa shape index (κ3) is 5.28. The van der Waals surface area contributed by atoms with Gasteiger partial charge in [-0.2, -0.15) is 5.10 Å². The quantitative estimate of drug-likeness (QED) is 0.687. The van der Waals surface area contributed by atoms with Crippen molar-refractivity contribution in [3.63, 3.8) is 0 Å². The second kappa shape index (κ2) is 8.55. The van der Waals surface area contributed by atoms with Gasteiger partial charge in [0, 0.05) is 29.5 Å². The highest BCUT2D eigenvalue weighted by atomic mass is 16.6. The van der Waals surface area contributed by atoms with Gasteiger partial charge < -0.3 is 20.1 Å². The Bertz CT molecular complexity index is 866. The number of nitrogens with one attached hydrogen (secondary N) is 3. The number of methoxy groups -OCH3 is 1. The molecule has 0 spiro atoms. The maximum Gasteiger partial charge on any atom is 0.407 e. The summed E-state index contributed by atoms with van der Waals surface area (Å²) in [5, 5.41) is 12.7. The molecule has 8 nitrogen and oxygen atoms in total. The molecule has 156 valence electrons. The van der Waals surface area contributed by atoms with Crippen LogP contribution < -0.4 is 15.4 Å². The first kappa shape index (κ1) is 20.7. The number of carbonyl (C=O) groups excluding carboxylic acids is 2. The number of aromatic amines is 1. The summed E-state index contributed by atoms with van der Waals surface area (Å²) < 4.78 is 10.7. The molecule has 3 rings (SSSR count). The summed E-state index contributed by atoms with van der Waals surface area (Å²) in [6, 6.07) is 9.35.